The van der Waals surface area contributed by atoms with Gasteiger partial charge in [-0.3, -0.25) is 4.79 Å². The second kappa shape index (κ2) is 5.01. The Hall–Kier alpha value is -0.140. The number of carbonyl (C=O) groups is 1. The van der Waals surface area contributed by atoms with Gasteiger partial charge in [0.05, 0.1) is 5.56 Å². The maximum Gasteiger partial charge on any atom is 0.255 e. The van der Waals surface area contributed by atoms with Gasteiger partial charge in [0, 0.05) is 27.2 Å². The fraction of sp³-hybridized carbons (Fsp3) is 0.364. The molecule has 86 valence electrons. The van der Waals surface area contributed by atoms with Gasteiger partial charge in [0.25, 0.3) is 5.91 Å². The van der Waals surface area contributed by atoms with Crippen molar-refractivity contribution in [3.05, 3.63) is 31.8 Å². The molecule has 1 aliphatic heterocycles. The average molecular weight is 395 g/mol. The zero-order chi connectivity index (χ0) is 11.7. The van der Waals surface area contributed by atoms with Crippen molar-refractivity contribution >= 4 is 44.4 Å². The summed E-state index contributed by atoms with van der Waals surface area (Å²) in [5.74, 6) is 0.0679. The largest absolute Gasteiger partial charge is 0.337 e. The third kappa shape index (κ3) is 2.41. The Morgan fingerprint density at radius 2 is 2.31 bits per heavy atom. The van der Waals surface area contributed by atoms with Crippen LogP contribution in [0.1, 0.15) is 16.8 Å². The minimum Gasteiger partial charge on any atom is -0.337 e. The molecule has 1 saturated heterocycles. The topological polar surface area (TPSA) is 46.3 Å². The molecule has 5 heteroatoms. The Morgan fingerprint density at radius 1 is 1.56 bits per heavy atom. The zero-order valence-electron chi connectivity index (χ0n) is 8.62. The lowest BCUT2D eigenvalue weighted by Crippen LogP contribution is -2.32. The van der Waals surface area contributed by atoms with E-state index in [1.807, 2.05) is 23.1 Å². The van der Waals surface area contributed by atoms with Crippen LogP contribution in [-0.2, 0) is 0 Å². The van der Waals surface area contributed by atoms with Gasteiger partial charge in [-0.1, -0.05) is 6.07 Å². The lowest BCUT2D eigenvalue weighted by atomic mass is 10.2. The van der Waals surface area contributed by atoms with Crippen molar-refractivity contribution in [3.8, 4) is 0 Å². The van der Waals surface area contributed by atoms with E-state index < -0.39 is 0 Å². The highest BCUT2D eigenvalue weighted by atomic mass is 127. The summed E-state index contributed by atoms with van der Waals surface area (Å²) in [6, 6.07) is 5.84. The maximum absolute atomic E-state index is 12.2. The van der Waals surface area contributed by atoms with Crippen LogP contribution >= 0.6 is 38.5 Å². The summed E-state index contributed by atoms with van der Waals surface area (Å²) < 4.78 is 1.92. The number of carbonyl (C=O) groups excluding carboxylic acids is 1. The molecule has 1 aromatic rings. The van der Waals surface area contributed by atoms with Crippen LogP contribution in [0.2, 0.25) is 0 Å². The molecule has 1 atom stereocenters. The Labute approximate surface area is 117 Å². The number of benzene rings is 1. The van der Waals surface area contributed by atoms with E-state index in [1.54, 1.807) is 0 Å². The van der Waals surface area contributed by atoms with Crippen molar-refractivity contribution in [1.29, 1.82) is 0 Å². The van der Waals surface area contributed by atoms with Gasteiger partial charge in [0.2, 0.25) is 0 Å². The van der Waals surface area contributed by atoms with E-state index in [0.717, 1.165) is 26.6 Å². The van der Waals surface area contributed by atoms with Crippen LogP contribution in [0.3, 0.4) is 0 Å². The van der Waals surface area contributed by atoms with E-state index in [4.69, 9.17) is 5.73 Å². The lowest BCUT2D eigenvalue weighted by Gasteiger charge is -2.17. The second-order valence-corrected chi connectivity index (χ2v) is 5.86. The van der Waals surface area contributed by atoms with E-state index in [-0.39, 0.29) is 11.9 Å². The Balaban J connectivity index is 2.24. The molecule has 0 spiro atoms. The van der Waals surface area contributed by atoms with Crippen LogP contribution < -0.4 is 5.73 Å². The molecule has 1 aromatic carbocycles. The molecule has 16 heavy (non-hydrogen) atoms. The summed E-state index contributed by atoms with van der Waals surface area (Å²) in [6.45, 7) is 1.43. The SMILES string of the molecule is NC1CCN(C(=O)c2cccc(I)c2Br)C1. The summed E-state index contributed by atoms with van der Waals surface area (Å²) >= 11 is 5.67. The molecule has 2 N–H and O–H groups in total. The first-order chi connectivity index (χ1) is 7.59. The fourth-order valence-corrected chi connectivity index (χ4v) is 2.74. The summed E-state index contributed by atoms with van der Waals surface area (Å²) in [7, 11) is 0. The second-order valence-electron chi connectivity index (χ2n) is 3.90. The number of halogens is 2. The van der Waals surface area contributed by atoms with Crippen LogP contribution in [0.4, 0.5) is 0 Å². The first kappa shape index (κ1) is 12.3. The van der Waals surface area contributed by atoms with Gasteiger partial charge in [-0.25, -0.2) is 0 Å². The number of likely N-dealkylation sites (tertiary alicyclic amines) is 1. The van der Waals surface area contributed by atoms with Crippen LogP contribution in [0, 0.1) is 3.57 Å². The van der Waals surface area contributed by atoms with Crippen molar-refractivity contribution < 1.29 is 4.79 Å². The first-order valence-corrected chi connectivity index (χ1v) is 6.95. The molecule has 0 aromatic heterocycles. The van der Waals surface area contributed by atoms with Crippen LogP contribution in [-0.4, -0.2) is 29.9 Å². The third-order valence-corrected chi connectivity index (χ3v) is 5.19. The number of nitrogens with two attached hydrogens (primary N) is 1. The highest BCUT2D eigenvalue weighted by molar-refractivity contribution is 14.1. The first-order valence-electron chi connectivity index (χ1n) is 5.08. The maximum atomic E-state index is 12.2. The molecule has 1 aliphatic rings. The smallest absolute Gasteiger partial charge is 0.255 e. The van der Waals surface area contributed by atoms with E-state index >= 15 is 0 Å². The summed E-state index contributed by atoms with van der Waals surface area (Å²) in [6.07, 6.45) is 0.896. The lowest BCUT2D eigenvalue weighted by molar-refractivity contribution is 0.0790. The summed E-state index contributed by atoms with van der Waals surface area (Å²) in [5, 5.41) is 0. The van der Waals surface area contributed by atoms with Gasteiger partial charge < -0.3 is 10.6 Å². The van der Waals surface area contributed by atoms with Gasteiger partial charge in [0.1, 0.15) is 0 Å². The molecule has 3 nitrogen and oxygen atoms in total. The quantitative estimate of drug-likeness (QED) is 0.742. The predicted octanol–water partition coefficient (Wildman–Crippen LogP) is 2.23. The van der Waals surface area contributed by atoms with Crippen LogP contribution in [0.15, 0.2) is 22.7 Å². The molecule has 1 heterocycles. The van der Waals surface area contributed by atoms with Gasteiger partial charge >= 0.3 is 0 Å². The normalized spacial score (nSPS) is 20.2. The van der Waals surface area contributed by atoms with Crippen molar-refractivity contribution in [2.75, 3.05) is 13.1 Å². The highest BCUT2D eigenvalue weighted by Gasteiger charge is 2.25. The van der Waals surface area contributed by atoms with E-state index in [1.165, 1.54) is 0 Å². The Morgan fingerprint density at radius 3 is 2.94 bits per heavy atom. The number of amides is 1. The van der Waals surface area contributed by atoms with Crippen molar-refractivity contribution in [1.82, 2.24) is 4.90 Å². The van der Waals surface area contributed by atoms with Gasteiger partial charge in [-0.2, -0.15) is 0 Å². The van der Waals surface area contributed by atoms with Crippen LogP contribution in [0.25, 0.3) is 0 Å². The monoisotopic (exact) mass is 394 g/mol. The Kier molecular flexibility index (Phi) is 3.86. The van der Waals surface area contributed by atoms with E-state index in [0.29, 0.717) is 6.54 Å². The average Bonchev–Trinajstić information content (AvgIpc) is 2.68. The highest BCUT2D eigenvalue weighted by Crippen LogP contribution is 2.25. The number of rotatable bonds is 1. The molecular weight excluding hydrogens is 383 g/mol. The molecular formula is C11H12BrIN2O. The molecule has 0 saturated carbocycles. The molecule has 1 fully saturated rings. The minimum absolute atomic E-state index is 0.0679. The van der Waals surface area contributed by atoms with Gasteiger partial charge in [-0.05, 0) is 57.1 Å². The fourth-order valence-electron chi connectivity index (χ4n) is 1.81. The standard InChI is InChI=1S/C11H12BrIN2O/c12-10-8(2-1-3-9(10)13)11(16)15-5-4-7(14)6-15/h1-3,7H,4-6,14H2. The molecule has 1 amide bonds. The molecule has 0 radical (unpaired) electrons. The van der Waals surface area contributed by atoms with Gasteiger partial charge in [0.15, 0.2) is 0 Å². The van der Waals surface area contributed by atoms with Crippen molar-refractivity contribution in [2.24, 2.45) is 5.73 Å². The molecule has 1 unspecified atom stereocenters. The zero-order valence-corrected chi connectivity index (χ0v) is 12.4. The van der Waals surface area contributed by atoms with Gasteiger partial charge in [-0.15, -0.1) is 0 Å². The minimum atomic E-state index is 0.0679. The molecule has 2 rings (SSSR count). The third-order valence-electron chi connectivity index (χ3n) is 2.69. The Bertz CT molecular complexity index is 424. The van der Waals surface area contributed by atoms with Crippen LogP contribution in [0.5, 0.6) is 0 Å². The summed E-state index contributed by atoms with van der Waals surface area (Å²) in [4.78, 5) is 14.0. The van der Waals surface area contributed by atoms with Crippen molar-refractivity contribution in [2.45, 2.75) is 12.5 Å². The van der Waals surface area contributed by atoms with Crippen molar-refractivity contribution in [3.63, 3.8) is 0 Å². The predicted molar refractivity (Wildman–Crippen MR) is 75.4 cm³/mol. The molecule has 0 aliphatic carbocycles. The number of hydrogen-bond donors (Lipinski definition) is 1. The number of nitrogens with zero attached hydrogens (tertiary/aromatic N) is 1. The van der Waals surface area contributed by atoms with E-state index in [2.05, 4.69) is 38.5 Å². The van der Waals surface area contributed by atoms with E-state index in [9.17, 15) is 4.79 Å². The summed E-state index contributed by atoms with van der Waals surface area (Å²) in [5.41, 5.74) is 6.53. The number of hydrogen-bond acceptors (Lipinski definition) is 2. The molecule has 0 bridgehead atoms.